The zero-order valence-corrected chi connectivity index (χ0v) is 14.4. The highest BCUT2D eigenvalue weighted by molar-refractivity contribution is 5.85. The van der Waals surface area contributed by atoms with Gasteiger partial charge in [0.05, 0.1) is 19.7 Å². The molecular weight excluding hydrogens is 312 g/mol. The number of carbonyl (C=O) groups excluding carboxylic acids is 1. The number of rotatable bonds is 6. The number of methoxy groups -OCH3 is 1. The summed E-state index contributed by atoms with van der Waals surface area (Å²) in [6.45, 7) is 2.30. The van der Waals surface area contributed by atoms with E-state index in [4.69, 9.17) is 4.74 Å². The number of para-hydroxylation sites is 1. The molecular formula is C18H23ClN2O2. The van der Waals surface area contributed by atoms with E-state index in [0.717, 1.165) is 22.4 Å². The van der Waals surface area contributed by atoms with Crippen LogP contribution in [-0.2, 0) is 4.79 Å². The van der Waals surface area contributed by atoms with Gasteiger partial charge in [-0.15, -0.1) is 12.4 Å². The van der Waals surface area contributed by atoms with Crippen molar-refractivity contribution in [2.24, 2.45) is 0 Å². The van der Waals surface area contributed by atoms with Crippen LogP contribution in [-0.4, -0.2) is 26.6 Å². The van der Waals surface area contributed by atoms with Gasteiger partial charge in [-0.2, -0.15) is 0 Å². The Morgan fingerprint density at radius 1 is 1.13 bits per heavy atom. The van der Waals surface area contributed by atoms with E-state index in [1.54, 1.807) is 14.2 Å². The zero-order chi connectivity index (χ0) is 15.9. The van der Waals surface area contributed by atoms with Crippen molar-refractivity contribution < 1.29 is 9.53 Å². The monoisotopic (exact) mass is 334 g/mol. The van der Waals surface area contributed by atoms with Crippen LogP contribution >= 0.6 is 12.4 Å². The fourth-order valence-corrected chi connectivity index (χ4v) is 2.37. The van der Waals surface area contributed by atoms with Crippen LogP contribution in [0.4, 0.5) is 0 Å². The number of hydrogen-bond acceptors (Lipinski definition) is 3. The van der Waals surface area contributed by atoms with Gasteiger partial charge < -0.3 is 15.4 Å². The van der Waals surface area contributed by atoms with Gasteiger partial charge in [-0.05, 0) is 31.2 Å². The number of carbonyl (C=O) groups is 1. The summed E-state index contributed by atoms with van der Waals surface area (Å²) in [6, 6.07) is 16.1. The summed E-state index contributed by atoms with van der Waals surface area (Å²) in [5.74, 6) is 0.842. The van der Waals surface area contributed by atoms with E-state index in [0.29, 0.717) is 6.54 Å². The minimum absolute atomic E-state index is 0. The third-order valence-corrected chi connectivity index (χ3v) is 3.54. The van der Waals surface area contributed by atoms with Crippen molar-refractivity contribution in [3.63, 3.8) is 0 Å². The van der Waals surface area contributed by atoms with Crippen molar-refractivity contribution in [2.75, 3.05) is 20.7 Å². The first kappa shape index (κ1) is 19.0. The fraction of sp³-hybridized carbons (Fsp3) is 0.278. The highest BCUT2D eigenvalue weighted by Gasteiger charge is 2.10. The van der Waals surface area contributed by atoms with Gasteiger partial charge in [-0.1, -0.05) is 42.5 Å². The molecule has 1 amide bonds. The van der Waals surface area contributed by atoms with Crippen molar-refractivity contribution in [1.29, 1.82) is 0 Å². The molecule has 0 bridgehead atoms. The molecule has 4 nitrogen and oxygen atoms in total. The lowest BCUT2D eigenvalue weighted by Gasteiger charge is -2.15. The lowest BCUT2D eigenvalue weighted by molar-refractivity contribution is -0.120. The molecule has 0 spiro atoms. The Hall–Kier alpha value is -2.04. The van der Waals surface area contributed by atoms with E-state index in [2.05, 4.69) is 10.6 Å². The molecule has 2 rings (SSSR count). The van der Waals surface area contributed by atoms with Crippen molar-refractivity contribution in [1.82, 2.24) is 10.6 Å². The molecule has 2 aromatic rings. The molecule has 0 saturated heterocycles. The minimum atomic E-state index is -0.0208. The van der Waals surface area contributed by atoms with E-state index in [1.165, 1.54) is 0 Å². The first-order valence-corrected chi connectivity index (χ1v) is 7.33. The first-order chi connectivity index (χ1) is 10.7. The summed E-state index contributed by atoms with van der Waals surface area (Å²) < 4.78 is 5.39. The molecule has 2 aromatic carbocycles. The summed E-state index contributed by atoms with van der Waals surface area (Å²) in [5.41, 5.74) is 3.22. The maximum Gasteiger partial charge on any atom is 0.234 e. The van der Waals surface area contributed by atoms with Gasteiger partial charge >= 0.3 is 0 Å². The van der Waals surface area contributed by atoms with Crippen molar-refractivity contribution in [3.8, 4) is 16.9 Å². The number of halogens is 1. The number of ether oxygens (including phenoxy) is 1. The van der Waals surface area contributed by atoms with Crippen LogP contribution in [0.1, 0.15) is 18.5 Å². The number of amides is 1. The minimum Gasteiger partial charge on any atom is -0.496 e. The standard InChI is InChI=1S/C18H22N2O2.ClH/c1-13(20-18(21)12-19-2)14-8-10-15(11-9-14)16-6-4-5-7-17(16)22-3;/h4-11,13,19H,12H2,1-3H3,(H,20,21);1H. The maximum absolute atomic E-state index is 11.6. The molecule has 124 valence electrons. The Bertz CT molecular complexity index is 629. The van der Waals surface area contributed by atoms with Gasteiger partial charge in [-0.3, -0.25) is 4.79 Å². The van der Waals surface area contributed by atoms with Crippen LogP contribution in [0.2, 0.25) is 0 Å². The van der Waals surface area contributed by atoms with Crippen LogP contribution in [0.15, 0.2) is 48.5 Å². The second-order valence-corrected chi connectivity index (χ2v) is 5.14. The maximum atomic E-state index is 11.6. The largest absolute Gasteiger partial charge is 0.496 e. The average Bonchev–Trinajstić information content (AvgIpc) is 2.55. The predicted octanol–water partition coefficient (Wildman–Crippen LogP) is 3.18. The van der Waals surface area contributed by atoms with Gasteiger partial charge in [0.15, 0.2) is 0 Å². The van der Waals surface area contributed by atoms with Gasteiger partial charge in [0, 0.05) is 5.56 Å². The van der Waals surface area contributed by atoms with E-state index in [9.17, 15) is 4.79 Å². The number of hydrogen-bond donors (Lipinski definition) is 2. The molecule has 0 fully saturated rings. The van der Waals surface area contributed by atoms with Gasteiger partial charge in [-0.25, -0.2) is 0 Å². The predicted molar refractivity (Wildman–Crippen MR) is 96.2 cm³/mol. The molecule has 0 aromatic heterocycles. The summed E-state index contributed by atoms with van der Waals surface area (Å²) in [5, 5.41) is 5.79. The van der Waals surface area contributed by atoms with Crippen LogP contribution < -0.4 is 15.4 Å². The van der Waals surface area contributed by atoms with Crippen LogP contribution in [0.3, 0.4) is 0 Å². The third-order valence-electron chi connectivity index (χ3n) is 3.54. The smallest absolute Gasteiger partial charge is 0.234 e. The Morgan fingerprint density at radius 2 is 1.78 bits per heavy atom. The molecule has 2 N–H and O–H groups in total. The number of nitrogens with one attached hydrogen (secondary N) is 2. The summed E-state index contributed by atoms with van der Waals surface area (Å²) in [4.78, 5) is 11.6. The molecule has 0 aliphatic carbocycles. The Kier molecular flexibility index (Phi) is 7.59. The normalized spacial score (nSPS) is 11.3. The molecule has 0 aliphatic rings. The number of likely N-dealkylation sites (N-methyl/N-ethyl adjacent to an activating group) is 1. The van der Waals surface area contributed by atoms with Crippen LogP contribution in [0.5, 0.6) is 5.75 Å². The first-order valence-electron chi connectivity index (χ1n) is 7.33. The van der Waals surface area contributed by atoms with Gasteiger partial charge in [0.1, 0.15) is 5.75 Å². The molecule has 0 radical (unpaired) electrons. The second kappa shape index (κ2) is 9.18. The molecule has 0 aliphatic heterocycles. The average molecular weight is 335 g/mol. The van der Waals surface area contributed by atoms with E-state index < -0.39 is 0 Å². The van der Waals surface area contributed by atoms with Crippen molar-refractivity contribution in [2.45, 2.75) is 13.0 Å². The molecule has 23 heavy (non-hydrogen) atoms. The SMILES string of the molecule is CNCC(=O)NC(C)c1ccc(-c2ccccc2OC)cc1.Cl. The van der Waals surface area contributed by atoms with Gasteiger partial charge in [0.25, 0.3) is 0 Å². The van der Waals surface area contributed by atoms with E-state index in [1.807, 2.05) is 55.5 Å². The Morgan fingerprint density at radius 3 is 2.39 bits per heavy atom. The zero-order valence-electron chi connectivity index (χ0n) is 13.6. The third kappa shape index (κ3) is 4.98. The highest BCUT2D eigenvalue weighted by atomic mass is 35.5. The van der Waals surface area contributed by atoms with Crippen molar-refractivity contribution in [3.05, 3.63) is 54.1 Å². The Balaban J connectivity index is 0.00000264. The summed E-state index contributed by atoms with van der Waals surface area (Å²) in [7, 11) is 3.43. The van der Waals surface area contributed by atoms with Crippen LogP contribution in [0, 0.1) is 0 Å². The molecule has 1 atom stereocenters. The highest BCUT2D eigenvalue weighted by Crippen LogP contribution is 2.30. The van der Waals surface area contributed by atoms with Crippen molar-refractivity contribution >= 4 is 18.3 Å². The van der Waals surface area contributed by atoms with E-state index >= 15 is 0 Å². The lowest BCUT2D eigenvalue weighted by Crippen LogP contribution is -2.33. The quantitative estimate of drug-likeness (QED) is 0.853. The fourth-order valence-electron chi connectivity index (χ4n) is 2.37. The Labute approximate surface area is 143 Å². The topological polar surface area (TPSA) is 50.4 Å². The lowest BCUT2D eigenvalue weighted by atomic mass is 10.0. The second-order valence-electron chi connectivity index (χ2n) is 5.14. The molecule has 0 saturated carbocycles. The van der Waals surface area contributed by atoms with E-state index in [-0.39, 0.29) is 24.4 Å². The molecule has 1 unspecified atom stereocenters. The summed E-state index contributed by atoms with van der Waals surface area (Å²) >= 11 is 0. The van der Waals surface area contributed by atoms with Gasteiger partial charge in [0.2, 0.25) is 5.91 Å². The van der Waals surface area contributed by atoms with Crippen LogP contribution in [0.25, 0.3) is 11.1 Å². The molecule has 0 heterocycles. The molecule has 5 heteroatoms. The summed E-state index contributed by atoms with van der Waals surface area (Å²) in [6.07, 6.45) is 0. The number of benzene rings is 2.